The van der Waals surface area contributed by atoms with Crippen LogP contribution in [0.1, 0.15) is 11.1 Å². The Kier molecular flexibility index (Phi) is 5.59. The highest BCUT2D eigenvalue weighted by Gasteiger charge is 2.07. The summed E-state index contributed by atoms with van der Waals surface area (Å²) in [5, 5.41) is 18.1. The number of hydrogen-bond acceptors (Lipinski definition) is 5. The van der Waals surface area contributed by atoms with Crippen LogP contribution in [0.2, 0.25) is 0 Å². The van der Waals surface area contributed by atoms with Gasteiger partial charge in [-0.25, -0.2) is 13.6 Å². The Morgan fingerprint density at radius 2 is 1.87 bits per heavy atom. The third-order valence-corrected chi connectivity index (χ3v) is 4.37. The Morgan fingerprint density at radius 1 is 1.17 bits per heavy atom. The second kappa shape index (κ2) is 7.45. The molecule has 4 N–H and O–H groups in total. The van der Waals surface area contributed by atoms with E-state index >= 15 is 0 Å². The normalized spacial score (nSPS) is 11.4. The van der Waals surface area contributed by atoms with E-state index in [4.69, 9.17) is 9.88 Å². The highest BCUT2D eigenvalue weighted by molar-refractivity contribution is 7.89. The Bertz CT molecular complexity index is 758. The first-order chi connectivity index (χ1) is 10.9. The number of phenolic OH excluding ortho intramolecular Hbond substituents is 1. The van der Waals surface area contributed by atoms with Crippen molar-refractivity contribution in [2.24, 2.45) is 5.14 Å². The van der Waals surface area contributed by atoms with Crippen molar-refractivity contribution in [2.45, 2.75) is 17.9 Å². The number of rotatable bonds is 7. The molecule has 7 heteroatoms. The molecule has 0 aliphatic heterocycles. The zero-order valence-electron chi connectivity index (χ0n) is 12.8. The largest absolute Gasteiger partial charge is 0.508 e. The Balaban J connectivity index is 1.86. The molecule has 2 rings (SSSR count). The van der Waals surface area contributed by atoms with Gasteiger partial charge in [-0.1, -0.05) is 12.1 Å². The molecule has 124 valence electrons. The van der Waals surface area contributed by atoms with Gasteiger partial charge in [-0.2, -0.15) is 0 Å². The van der Waals surface area contributed by atoms with Gasteiger partial charge in [0.2, 0.25) is 10.0 Å². The summed E-state index contributed by atoms with van der Waals surface area (Å²) in [6.45, 7) is 1.20. The minimum Gasteiger partial charge on any atom is -0.508 e. The van der Waals surface area contributed by atoms with Gasteiger partial charge in [-0.05, 0) is 48.9 Å². The van der Waals surface area contributed by atoms with Crippen molar-refractivity contribution in [1.29, 1.82) is 0 Å². The van der Waals surface area contributed by atoms with Crippen molar-refractivity contribution in [1.82, 2.24) is 5.32 Å². The van der Waals surface area contributed by atoms with Crippen LogP contribution in [-0.4, -0.2) is 27.2 Å². The van der Waals surface area contributed by atoms with Gasteiger partial charge in [-0.3, -0.25) is 0 Å². The summed E-state index contributed by atoms with van der Waals surface area (Å²) in [4.78, 5) is 0.107. The number of phenols is 1. The van der Waals surface area contributed by atoms with Crippen molar-refractivity contribution in [2.75, 3.05) is 13.7 Å². The molecule has 0 aromatic heterocycles. The van der Waals surface area contributed by atoms with Crippen molar-refractivity contribution in [3.63, 3.8) is 0 Å². The number of nitrogens with two attached hydrogens (primary N) is 1. The molecule has 0 saturated heterocycles. The first-order valence-corrected chi connectivity index (χ1v) is 8.63. The zero-order valence-corrected chi connectivity index (χ0v) is 13.6. The smallest absolute Gasteiger partial charge is 0.238 e. The van der Waals surface area contributed by atoms with Crippen LogP contribution < -0.4 is 15.2 Å². The fraction of sp³-hybridized carbons (Fsp3) is 0.250. The molecule has 0 heterocycles. The van der Waals surface area contributed by atoms with Gasteiger partial charge in [0.25, 0.3) is 0 Å². The number of nitrogens with one attached hydrogen (secondary N) is 1. The van der Waals surface area contributed by atoms with Crippen LogP contribution in [0.25, 0.3) is 0 Å². The minimum absolute atomic E-state index is 0.107. The number of aromatic hydroxyl groups is 1. The SMILES string of the molecule is COc1ccc(O)c(CNCCc2ccc(S(N)(=O)=O)cc2)c1. The van der Waals surface area contributed by atoms with Gasteiger partial charge in [0.05, 0.1) is 12.0 Å². The molecule has 0 amide bonds. The molecule has 6 nitrogen and oxygen atoms in total. The van der Waals surface area contributed by atoms with Crippen LogP contribution in [0.3, 0.4) is 0 Å². The minimum atomic E-state index is -3.65. The molecule has 0 atom stereocenters. The van der Waals surface area contributed by atoms with E-state index in [-0.39, 0.29) is 10.6 Å². The number of benzene rings is 2. The van der Waals surface area contributed by atoms with E-state index < -0.39 is 10.0 Å². The predicted molar refractivity (Wildman–Crippen MR) is 87.9 cm³/mol. The highest BCUT2D eigenvalue weighted by atomic mass is 32.2. The van der Waals surface area contributed by atoms with Crippen molar-refractivity contribution >= 4 is 10.0 Å². The van der Waals surface area contributed by atoms with Crippen LogP contribution in [0.5, 0.6) is 11.5 Å². The standard InChI is InChI=1S/C16H20N2O4S/c1-22-14-4-7-16(19)13(10-14)11-18-9-8-12-2-5-15(6-3-12)23(17,20)21/h2-7,10,18-19H,8-9,11H2,1H3,(H2,17,20,21). The van der Waals surface area contributed by atoms with E-state index in [9.17, 15) is 13.5 Å². The number of hydrogen-bond donors (Lipinski definition) is 3. The van der Waals surface area contributed by atoms with Crippen molar-refractivity contribution in [3.05, 3.63) is 53.6 Å². The molecule has 0 aliphatic carbocycles. The molecule has 0 saturated carbocycles. The summed E-state index contributed by atoms with van der Waals surface area (Å²) < 4.78 is 27.5. The zero-order chi connectivity index (χ0) is 16.9. The van der Waals surface area contributed by atoms with E-state index in [0.717, 1.165) is 17.5 Å². The topological polar surface area (TPSA) is 102 Å². The lowest BCUT2D eigenvalue weighted by Gasteiger charge is -2.09. The van der Waals surface area contributed by atoms with Crippen LogP contribution in [0.15, 0.2) is 47.4 Å². The Labute approximate surface area is 136 Å². The van der Waals surface area contributed by atoms with E-state index in [1.807, 2.05) is 0 Å². The number of ether oxygens (including phenoxy) is 1. The summed E-state index contributed by atoms with van der Waals surface area (Å²) in [6.07, 6.45) is 0.732. The number of methoxy groups -OCH3 is 1. The van der Waals surface area contributed by atoms with Gasteiger partial charge in [0, 0.05) is 12.1 Å². The van der Waals surface area contributed by atoms with Gasteiger partial charge in [0.15, 0.2) is 0 Å². The molecule has 0 unspecified atom stereocenters. The quantitative estimate of drug-likeness (QED) is 0.663. The second-order valence-corrected chi connectivity index (χ2v) is 6.67. The van der Waals surface area contributed by atoms with E-state index in [1.54, 1.807) is 37.4 Å². The lowest BCUT2D eigenvalue weighted by atomic mass is 10.1. The first kappa shape index (κ1) is 17.3. The lowest BCUT2D eigenvalue weighted by Crippen LogP contribution is -2.17. The summed E-state index contributed by atoms with van der Waals surface area (Å²) in [6, 6.07) is 11.6. The van der Waals surface area contributed by atoms with Gasteiger partial charge >= 0.3 is 0 Å². The fourth-order valence-electron chi connectivity index (χ4n) is 2.13. The van der Waals surface area contributed by atoms with Crippen LogP contribution in [0, 0.1) is 0 Å². The van der Waals surface area contributed by atoms with Crippen LogP contribution >= 0.6 is 0 Å². The maximum absolute atomic E-state index is 11.2. The van der Waals surface area contributed by atoms with E-state index in [1.165, 1.54) is 12.1 Å². The molecular formula is C16H20N2O4S. The van der Waals surface area contributed by atoms with E-state index in [0.29, 0.717) is 18.8 Å². The third kappa shape index (κ3) is 4.95. The van der Waals surface area contributed by atoms with Crippen LogP contribution in [-0.2, 0) is 23.0 Å². The summed E-state index contributed by atoms with van der Waals surface area (Å²) in [5.74, 6) is 0.911. The lowest BCUT2D eigenvalue weighted by molar-refractivity contribution is 0.410. The predicted octanol–water partition coefficient (Wildman–Crippen LogP) is 1.38. The molecule has 2 aromatic carbocycles. The summed E-state index contributed by atoms with van der Waals surface area (Å²) in [7, 11) is -2.07. The average Bonchev–Trinajstić information content (AvgIpc) is 2.52. The third-order valence-electron chi connectivity index (χ3n) is 3.44. The number of sulfonamides is 1. The molecule has 0 fully saturated rings. The highest BCUT2D eigenvalue weighted by Crippen LogP contribution is 2.22. The Morgan fingerprint density at radius 3 is 2.48 bits per heavy atom. The van der Waals surface area contributed by atoms with Gasteiger partial charge in [-0.15, -0.1) is 0 Å². The monoisotopic (exact) mass is 336 g/mol. The maximum atomic E-state index is 11.2. The van der Waals surface area contributed by atoms with Crippen molar-refractivity contribution in [3.8, 4) is 11.5 Å². The summed E-state index contributed by atoms with van der Waals surface area (Å²) in [5.41, 5.74) is 1.76. The molecule has 0 bridgehead atoms. The molecule has 0 aliphatic rings. The Hall–Kier alpha value is -2.09. The van der Waals surface area contributed by atoms with Gasteiger partial charge in [0.1, 0.15) is 11.5 Å². The average molecular weight is 336 g/mol. The number of primary sulfonamides is 1. The summed E-state index contributed by atoms with van der Waals surface area (Å²) >= 11 is 0. The molecule has 0 radical (unpaired) electrons. The molecule has 23 heavy (non-hydrogen) atoms. The second-order valence-electron chi connectivity index (χ2n) is 5.11. The molecule has 2 aromatic rings. The van der Waals surface area contributed by atoms with Gasteiger partial charge < -0.3 is 15.2 Å². The molecular weight excluding hydrogens is 316 g/mol. The maximum Gasteiger partial charge on any atom is 0.238 e. The molecule has 0 spiro atoms. The van der Waals surface area contributed by atoms with E-state index in [2.05, 4.69) is 5.32 Å². The first-order valence-electron chi connectivity index (χ1n) is 7.08. The van der Waals surface area contributed by atoms with Crippen LogP contribution in [0.4, 0.5) is 0 Å². The van der Waals surface area contributed by atoms with Crippen molar-refractivity contribution < 1.29 is 18.3 Å². The fourth-order valence-corrected chi connectivity index (χ4v) is 2.65.